The predicted octanol–water partition coefficient (Wildman–Crippen LogP) is 5.56. The van der Waals surface area contributed by atoms with Crippen LogP contribution in [0.3, 0.4) is 0 Å². The van der Waals surface area contributed by atoms with Crippen LogP contribution >= 0.6 is 22.9 Å². The number of rotatable bonds is 12. The van der Waals surface area contributed by atoms with E-state index in [1.807, 2.05) is 53.1 Å². The van der Waals surface area contributed by atoms with Crippen molar-refractivity contribution in [3.8, 4) is 22.9 Å². The Labute approximate surface area is 337 Å². The summed E-state index contributed by atoms with van der Waals surface area (Å²) in [6.07, 6.45) is 0.420. The molecular formula is C40H54ClN7O7S. The van der Waals surface area contributed by atoms with E-state index in [1.54, 1.807) is 12.1 Å². The second kappa shape index (κ2) is 16.1. The molecule has 16 heteroatoms. The normalized spacial score (nSPS) is 26.9. The van der Waals surface area contributed by atoms with E-state index in [-0.39, 0.29) is 31.2 Å². The van der Waals surface area contributed by atoms with Crippen LogP contribution in [0.25, 0.3) is 22.3 Å². The Morgan fingerprint density at radius 3 is 2.52 bits per heavy atom. The number of amides is 3. The molecule has 1 aromatic carbocycles. The number of fused-ring (bicyclic) bond motifs is 2. The summed E-state index contributed by atoms with van der Waals surface area (Å²) in [5.74, 6) is 1.72. The number of halogens is 1. The van der Waals surface area contributed by atoms with Crippen molar-refractivity contribution in [3.05, 3.63) is 28.6 Å². The van der Waals surface area contributed by atoms with Crippen LogP contribution in [0.5, 0.6) is 11.5 Å². The SMILES string of the molecule is CC(C)Nc1nc(-c2cc(OC3C[C@@H](C(N)=O)N(C(=O)[C@@H](NC(=O)O[C@@H]4C[C@@H]5[C@H](C)[C@@H]5C4)C(C)(C)C)C3)c3ccc(OC[C@H]4COCCN4C)c(Cl)c3n2)cs1. The third-order valence-electron chi connectivity index (χ3n) is 11.6. The van der Waals surface area contributed by atoms with Gasteiger partial charge in [-0.25, -0.2) is 14.8 Å². The van der Waals surface area contributed by atoms with E-state index in [0.29, 0.717) is 76.4 Å². The minimum Gasteiger partial charge on any atom is -0.490 e. The van der Waals surface area contributed by atoms with Crippen molar-refractivity contribution in [1.82, 2.24) is 25.1 Å². The Hall–Kier alpha value is -3.92. The second-order valence-electron chi connectivity index (χ2n) is 17.2. The first-order chi connectivity index (χ1) is 26.6. The number of hydrogen-bond donors (Lipinski definition) is 3. The summed E-state index contributed by atoms with van der Waals surface area (Å²) in [7, 11) is 2.04. The number of nitrogens with zero attached hydrogens (tertiary/aromatic N) is 4. The van der Waals surface area contributed by atoms with Gasteiger partial charge >= 0.3 is 6.09 Å². The molecule has 8 atom stereocenters. The van der Waals surface area contributed by atoms with E-state index in [9.17, 15) is 14.4 Å². The molecule has 2 saturated carbocycles. The molecular weight excluding hydrogens is 758 g/mol. The predicted molar refractivity (Wildman–Crippen MR) is 215 cm³/mol. The Bertz CT molecular complexity index is 1940. The lowest BCUT2D eigenvalue weighted by atomic mass is 9.85. The van der Waals surface area contributed by atoms with Gasteiger partial charge in [0.15, 0.2) is 5.13 Å². The number of nitrogens with one attached hydrogen (secondary N) is 2. The fourth-order valence-electron chi connectivity index (χ4n) is 8.26. The molecule has 2 aliphatic heterocycles. The van der Waals surface area contributed by atoms with Crippen LogP contribution in [-0.4, -0.2) is 114 Å². The Balaban J connectivity index is 1.14. The van der Waals surface area contributed by atoms with Gasteiger partial charge in [-0.15, -0.1) is 11.3 Å². The van der Waals surface area contributed by atoms with Gasteiger partial charge in [-0.2, -0.15) is 0 Å². The maximum atomic E-state index is 14.3. The zero-order valence-electron chi connectivity index (χ0n) is 33.2. The number of ether oxygens (including phenoxy) is 4. The molecule has 14 nitrogen and oxygen atoms in total. The number of anilines is 1. The highest BCUT2D eigenvalue weighted by atomic mass is 35.5. The highest BCUT2D eigenvalue weighted by Crippen LogP contribution is 2.57. The number of carbonyl (C=O) groups is 3. The van der Waals surface area contributed by atoms with Crippen molar-refractivity contribution in [3.63, 3.8) is 0 Å². The summed E-state index contributed by atoms with van der Waals surface area (Å²) >= 11 is 8.52. The highest BCUT2D eigenvalue weighted by molar-refractivity contribution is 7.14. The van der Waals surface area contributed by atoms with Gasteiger partial charge in [0.1, 0.15) is 53.1 Å². The number of primary amides is 1. The lowest BCUT2D eigenvalue weighted by Gasteiger charge is -2.35. The van der Waals surface area contributed by atoms with Gasteiger partial charge in [-0.1, -0.05) is 39.3 Å². The Kier molecular flexibility index (Phi) is 11.6. The fourth-order valence-corrected chi connectivity index (χ4v) is 9.37. The van der Waals surface area contributed by atoms with E-state index in [2.05, 4.69) is 22.5 Å². The first-order valence-electron chi connectivity index (χ1n) is 19.6. The van der Waals surface area contributed by atoms with Gasteiger partial charge in [0.05, 0.1) is 37.0 Å². The van der Waals surface area contributed by atoms with Crippen LogP contribution < -0.4 is 25.8 Å². The fraction of sp³-hybridized carbons (Fsp3) is 0.625. The summed E-state index contributed by atoms with van der Waals surface area (Å²) in [4.78, 5) is 53.7. The molecule has 4 fully saturated rings. The van der Waals surface area contributed by atoms with Crippen LogP contribution in [0.4, 0.5) is 9.93 Å². The van der Waals surface area contributed by atoms with Crippen LogP contribution in [0.1, 0.15) is 60.8 Å². The third kappa shape index (κ3) is 8.65. The Morgan fingerprint density at radius 1 is 1.09 bits per heavy atom. The third-order valence-corrected chi connectivity index (χ3v) is 12.8. The minimum absolute atomic E-state index is 0.0594. The van der Waals surface area contributed by atoms with Gasteiger partial charge in [-0.05, 0) is 69.0 Å². The maximum Gasteiger partial charge on any atom is 0.408 e. The molecule has 7 rings (SSSR count). The van der Waals surface area contributed by atoms with Crippen LogP contribution in [-0.2, 0) is 19.1 Å². The van der Waals surface area contributed by atoms with Crippen molar-refractivity contribution in [2.24, 2.45) is 28.9 Å². The number of hydrogen-bond acceptors (Lipinski definition) is 12. The molecule has 2 saturated heterocycles. The summed E-state index contributed by atoms with van der Waals surface area (Å²) < 4.78 is 24.4. The number of alkyl carbamates (subject to hydrolysis) is 1. The zero-order chi connectivity index (χ0) is 40.1. The van der Waals surface area contributed by atoms with Gasteiger partial charge < -0.3 is 40.2 Å². The molecule has 0 bridgehead atoms. The van der Waals surface area contributed by atoms with Gasteiger partial charge in [0, 0.05) is 35.8 Å². The molecule has 0 spiro atoms. The van der Waals surface area contributed by atoms with Crippen LogP contribution in [0, 0.1) is 23.2 Å². The highest BCUT2D eigenvalue weighted by Gasteiger charge is 2.54. The van der Waals surface area contributed by atoms with E-state index < -0.39 is 41.5 Å². The lowest BCUT2D eigenvalue weighted by molar-refractivity contribution is -0.141. The van der Waals surface area contributed by atoms with Gasteiger partial charge in [0.2, 0.25) is 11.8 Å². The minimum atomic E-state index is -0.977. The number of aromatic nitrogens is 2. The molecule has 0 radical (unpaired) electrons. The smallest absolute Gasteiger partial charge is 0.408 e. The standard InChI is InChI=1S/C40H54ClN7O7S/c1-20(2)43-38-45-29(19-56-38)28-15-32(25-8-9-31(33(41)34(25)44-28)53-18-22-17-52-11-10-47(22)7)54-24-14-30(36(42)49)48(16-24)37(50)35(40(4,5)6)46-39(51)55-23-12-26-21(3)27(26)13-23/h8-9,15,19-24,26-27,30,35H,10-14,16-18H2,1-7H3,(H2,42,49)(H,43,45)(H,46,51)/t21-,22-,23+,24?,26+,27-,30+,35-/m1/s1. The van der Waals surface area contributed by atoms with E-state index in [4.69, 9.17) is 46.3 Å². The lowest BCUT2D eigenvalue weighted by Crippen LogP contribution is -2.57. The molecule has 2 aliphatic carbocycles. The van der Waals surface area contributed by atoms with Crippen molar-refractivity contribution < 1.29 is 33.3 Å². The Morgan fingerprint density at radius 2 is 1.84 bits per heavy atom. The molecule has 3 amide bonds. The van der Waals surface area contributed by atoms with Crippen molar-refractivity contribution >= 4 is 56.9 Å². The first kappa shape index (κ1) is 40.3. The van der Waals surface area contributed by atoms with Gasteiger partial charge in [-0.3, -0.25) is 14.5 Å². The molecule has 2 aromatic heterocycles. The number of carbonyl (C=O) groups excluding carboxylic acids is 3. The molecule has 4 heterocycles. The number of benzene rings is 1. The molecule has 3 aromatic rings. The monoisotopic (exact) mass is 811 g/mol. The van der Waals surface area contributed by atoms with E-state index >= 15 is 0 Å². The zero-order valence-corrected chi connectivity index (χ0v) is 34.7. The maximum absolute atomic E-state index is 14.3. The molecule has 4 aliphatic rings. The van der Waals surface area contributed by atoms with Crippen molar-refractivity contribution in [2.45, 2.75) is 97.2 Å². The molecule has 56 heavy (non-hydrogen) atoms. The molecule has 1 unspecified atom stereocenters. The van der Waals surface area contributed by atoms with Crippen LogP contribution in [0.2, 0.25) is 5.02 Å². The summed E-state index contributed by atoms with van der Waals surface area (Å²) in [5, 5.41) is 9.77. The number of morpholine rings is 1. The van der Waals surface area contributed by atoms with E-state index in [1.165, 1.54) is 16.2 Å². The topological polar surface area (TPSA) is 170 Å². The number of thiazole rings is 1. The quantitative estimate of drug-likeness (QED) is 0.209. The summed E-state index contributed by atoms with van der Waals surface area (Å²) in [6, 6.07) is 3.76. The first-order valence-corrected chi connectivity index (χ1v) is 20.8. The number of nitrogens with two attached hydrogens (primary N) is 1. The molecule has 4 N–H and O–H groups in total. The largest absolute Gasteiger partial charge is 0.490 e. The second-order valence-corrected chi connectivity index (χ2v) is 18.4. The number of likely N-dealkylation sites (tertiary alicyclic amines) is 1. The van der Waals surface area contributed by atoms with E-state index in [0.717, 1.165) is 24.5 Å². The summed E-state index contributed by atoms with van der Waals surface area (Å²) in [6.45, 7) is 14.4. The van der Waals surface area contributed by atoms with Crippen molar-refractivity contribution in [2.75, 3.05) is 45.3 Å². The average Bonchev–Trinajstić information content (AvgIpc) is 3.62. The average molecular weight is 812 g/mol. The number of likely N-dealkylation sites (N-methyl/N-ethyl adjacent to an activating group) is 1. The summed E-state index contributed by atoms with van der Waals surface area (Å²) in [5.41, 5.74) is 6.83. The van der Waals surface area contributed by atoms with Crippen molar-refractivity contribution in [1.29, 1.82) is 0 Å². The number of pyridine rings is 1. The van der Waals surface area contributed by atoms with Gasteiger partial charge in [0.25, 0.3) is 0 Å². The van der Waals surface area contributed by atoms with Crippen LogP contribution in [0.15, 0.2) is 23.6 Å². The molecule has 304 valence electrons.